The Morgan fingerprint density at radius 1 is 1.46 bits per heavy atom. The van der Waals surface area contributed by atoms with Gasteiger partial charge in [0.05, 0.1) is 7.11 Å². The molecule has 0 N–H and O–H groups in total. The van der Waals surface area contributed by atoms with Gasteiger partial charge in [0.25, 0.3) is 0 Å². The molecule has 0 aliphatic rings. The maximum atomic E-state index is 11.3. The predicted molar refractivity (Wildman–Crippen MR) is 49.6 cm³/mol. The molecule has 0 radical (unpaired) electrons. The average molecular weight is 208 g/mol. The first-order chi connectivity index (χ1) is 6.15. The van der Waals surface area contributed by atoms with Crippen LogP contribution in [0.4, 0.5) is 0 Å². The molecule has 13 heavy (non-hydrogen) atoms. The average Bonchev–Trinajstić information content (AvgIpc) is 2.14. The molecule has 0 atom stereocenters. The Balaban J connectivity index is 4.01. The number of alkyl halides is 1. The minimum atomic E-state index is -0.412. The van der Waals surface area contributed by atoms with Gasteiger partial charge < -0.3 is 9.64 Å². The molecule has 1 amide bonds. The minimum absolute atomic E-state index is 0.00270. The molecule has 0 aromatic heterocycles. The molecule has 0 saturated heterocycles. The van der Waals surface area contributed by atoms with E-state index in [4.69, 9.17) is 11.6 Å². The van der Waals surface area contributed by atoms with E-state index in [0.717, 1.165) is 0 Å². The standard InChI is InChI=1S/C8H14ClNO3/c1-3-10(6-8(12)13-2)7(11)4-5-9/h3-6H2,1-2H3. The van der Waals surface area contributed by atoms with Gasteiger partial charge in [-0.25, -0.2) is 0 Å². The maximum absolute atomic E-state index is 11.3. The number of methoxy groups -OCH3 is 1. The fourth-order valence-corrected chi connectivity index (χ4v) is 0.997. The summed E-state index contributed by atoms with van der Waals surface area (Å²) in [6.45, 7) is 2.29. The summed E-state index contributed by atoms with van der Waals surface area (Å²) < 4.78 is 4.45. The highest BCUT2D eigenvalue weighted by atomic mass is 35.5. The lowest BCUT2D eigenvalue weighted by molar-refractivity contribution is -0.146. The van der Waals surface area contributed by atoms with E-state index in [1.807, 2.05) is 0 Å². The Kier molecular flexibility index (Phi) is 6.32. The Bertz CT molecular complexity index is 184. The number of carbonyl (C=O) groups is 2. The van der Waals surface area contributed by atoms with E-state index in [1.54, 1.807) is 6.92 Å². The number of hydrogen-bond donors (Lipinski definition) is 0. The lowest BCUT2D eigenvalue weighted by atomic mass is 10.4. The van der Waals surface area contributed by atoms with E-state index < -0.39 is 5.97 Å². The number of hydrogen-bond acceptors (Lipinski definition) is 3. The smallest absolute Gasteiger partial charge is 0.325 e. The summed E-state index contributed by atoms with van der Waals surface area (Å²) in [6, 6.07) is 0. The van der Waals surface area contributed by atoms with Gasteiger partial charge in [0, 0.05) is 18.8 Å². The zero-order valence-corrected chi connectivity index (χ0v) is 8.63. The number of rotatable bonds is 5. The van der Waals surface area contributed by atoms with Gasteiger partial charge >= 0.3 is 5.97 Å². The van der Waals surface area contributed by atoms with Gasteiger partial charge in [0.15, 0.2) is 0 Å². The number of nitrogens with zero attached hydrogens (tertiary/aromatic N) is 1. The van der Waals surface area contributed by atoms with Crippen LogP contribution in [0.3, 0.4) is 0 Å². The van der Waals surface area contributed by atoms with Gasteiger partial charge in [0.2, 0.25) is 5.91 Å². The highest BCUT2D eigenvalue weighted by Crippen LogP contribution is 1.96. The van der Waals surface area contributed by atoms with E-state index >= 15 is 0 Å². The first-order valence-electron chi connectivity index (χ1n) is 4.06. The van der Waals surface area contributed by atoms with E-state index in [2.05, 4.69) is 4.74 Å². The summed E-state index contributed by atoms with van der Waals surface area (Å²) >= 11 is 5.40. The lowest BCUT2D eigenvalue weighted by Gasteiger charge is -2.18. The Labute approximate surface area is 82.8 Å². The Morgan fingerprint density at radius 2 is 2.08 bits per heavy atom. The SMILES string of the molecule is CCN(CC(=O)OC)C(=O)CCCl. The van der Waals surface area contributed by atoms with Crippen LogP contribution in [0.15, 0.2) is 0 Å². The Hall–Kier alpha value is -0.770. The second kappa shape index (κ2) is 6.71. The second-order valence-corrected chi connectivity index (χ2v) is 2.80. The zero-order chi connectivity index (χ0) is 10.3. The molecule has 0 aliphatic heterocycles. The molecular formula is C8H14ClNO3. The summed E-state index contributed by atoms with van der Waals surface area (Å²) in [4.78, 5) is 23.5. The van der Waals surface area contributed by atoms with Crippen LogP contribution in [0.2, 0.25) is 0 Å². The van der Waals surface area contributed by atoms with Crippen LogP contribution in [0.5, 0.6) is 0 Å². The molecule has 0 aromatic carbocycles. The molecule has 76 valence electrons. The quantitative estimate of drug-likeness (QED) is 0.491. The first-order valence-corrected chi connectivity index (χ1v) is 4.59. The molecule has 0 bridgehead atoms. The molecule has 4 nitrogen and oxygen atoms in total. The Morgan fingerprint density at radius 3 is 2.46 bits per heavy atom. The van der Waals surface area contributed by atoms with Crippen molar-refractivity contribution < 1.29 is 14.3 Å². The minimum Gasteiger partial charge on any atom is -0.468 e. The summed E-state index contributed by atoms with van der Waals surface area (Å²) in [5.41, 5.74) is 0. The van der Waals surface area contributed by atoms with E-state index in [1.165, 1.54) is 12.0 Å². The molecule has 0 rings (SSSR count). The zero-order valence-electron chi connectivity index (χ0n) is 7.88. The third-order valence-corrected chi connectivity index (χ3v) is 1.78. The summed E-state index contributed by atoms with van der Waals surface area (Å²) in [6.07, 6.45) is 0.256. The molecule has 0 aromatic rings. The number of carbonyl (C=O) groups excluding carboxylic acids is 2. The van der Waals surface area contributed by atoms with Crippen molar-refractivity contribution in [2.75, 3.05) is 26.1 Å². The highest BCUT2D eigenvalue weighted by Gasteiger charge is 2.14. The molecule has 0 saturated carbocycles. The molecule has 0 spiro atoms. The fraction of sp³-hybridized carbons (Fsp3) is 0.750. The van der Waals surface area contributed by atoms with Crippen LogP contribution < -0.4 is 0 Å². The van der Waals surface area contributed by atoms with Crippen LogP contribution in [0, 0.1) is 0 Å². The molecular weight excluding hydrogens is 194 g/mol. The van der Waals surface area contributed by atoms with E-state index in [9.17, 15) is 9.59 Å². The number of esters is 1. The second-order valence-electron chi connectivity index (χ2n) is 2.42. The van der Waals surface area contributed by atoms with E-state index in [0.29, 0.717) is 6.54 Å². The molecule has 5 heteroatoms. The third kappa shape index (κ3) is 4.72. The summed E-state index contributed by atoms with van der Waals surface area (Å²) in [5.74, 6) is -0.260. The van der Waals surface area contributed by atoms with Gasteiger partial charge in [0.1, 0.15) is 6.54 Å². The topological polar surface area (TPSA) is 46.6 Å². The highest BCUT2D eigenvalue weighted by molar-refractivity contribution is 6.18. The van der Waals surface area contributed by atoms with Crippen LogP contribution in [0.1, 0.15) is 13.3 Å². The normalized spacial score (nSPS) is 9.46. The van der Waals surface area contributed by atoms with Crippen molar-refractivity contribution in [2.45, 2.75) is 13.3 Å². The van der Waals surface area contributed by atoms with Gasteiger partial charge in [-0.15, -0.1) is 11.6 Å². The van der Waals surface area contributed by atoms with Crippen molar-refractivity contribution in [3.05, 3.63) is 0 Å². The predicted octanol–water partition coefficient (Wildman–Crippen LogP) is 0.637. The number of likely N-dealkylation sites (N-methyl/N-ethyl adjacent to an activating group) is 1. The van der Waals surface area contributed by atoms with Crippen molar-refractivity contribution in [1.29, 1.82) is 0 Å². The van der Waals surface area contributed by atoms with Gasteiger partial charge in [-0.05, 0) is 6.92 Å². The van der Waals surface area contributed by atoms with Gasteiger partial charge in [-0.1, -0.05) is 0 Å². The van der Waals surface area contributed by atoms with Crippen molar-refractivity contribution >= 4 is 23.5 Å². The van der Waals surface area contributed by atoms with Gasteiger partial charge in [-0.2, -0.15) is 0 Å². The van der Waals surface area contributed by atoms with E-state index in [-0.39, 0.29) is 24.8 Å². The number of amides is 1. The number of ether oxygens (including phenoxy) is 1. The monoisotopic (exact) mass is 207 g/mol. The van der Waals surface area contributed by atoms with Crippen LogP contribution >= 0.6 is 11.6 Å². The van der Waals surface area contributed by atoms with Crippen molar-refractivity contribution in [2.24, 2.45) is 0 Å². The molecule has 0 aliphatic carbocycles. The van der Waals surface area contributed by atoms with Crippen molar-refractivity contribution in [1.82, 2.24) is 4.90 Å². The van der Waals surface area contributed by atoms with Crippen molar-refractivity contribution in [3.63, 3.8) is 0 Å². The largest absolute Gasteiger partial charge is 0.468 e. The molecule has 0 heterocycles. The molecule has 0 fully saturated rings. The van der Waals surface area contributed by atoms with Crippen molar-refractivity contribution in [3.8, 4) is 0 Å². The van der Waals surface area contributed by atoms with Crippen LogP contribution in [0.25, 0.3) is 0 Å². The maximum Gasteiger partial charge on any atom is 0.325 e. The molecule has 0 unspecified atom stereocenters. The van der Waals surface area contributed by atoms with Gasteiger partial charge in [-0.3, -0.25) is 9.59 Å². The third-order valence-electron chi connectivity index (χ3n) is 1.59. The first kappa shape index (κ1) is 12.2. The summed E-state index contributed by atoms with van der Waals surface area (Å²) in [7, 11) is 1.29. The van der Waals surface area contributed by atoms with Crippen LogP contribution in [-0.2, 0) is 14.3 Å². The summed E-state index contributed by atoms with van der Waals surface area (Å²) in [5, 5.41) is 0. The lowest BCUT2D eigenvalue weighted by Crippen LogP contribution is -2.36. The van der Waals surface area contributed by atoms with Crippen LogP contribution in [-0.4, -0.2) is 42.9 Å². The fourth-order valence-electron chi connectivity index (χ4n) is 0.836. The number of halogens is 1.